The minimum Gasteiger partial charge on any atom is -0.491 e. The summed E-state index contributed by atoms with van der Waals surface area (Å²) in [6.07, 6.45) is 0.902. The van der Waals surface area contributed by atoms with Crippen LogP contribution in [0.4, 0.5) is 0 Å². The predicted molar refractivity (Wildman–Crippen MR) is 88.6 cm³/mol. The van der Waals surface area contributed by atoms with Gasteiger partial charge in [-0.05, 0) is 17.5 Å². The van der Waals surface area contributed by atoms with Crippen molar-refractivity contribution in [1.82, 2.24) is 5.32 Å². The zero-order chi connectivity index (χ0) is 14.9. The molecule has 21 heavy (non-hydrogen) atoms. The molecule has 2 rings (SSSR count). The van der Waals surface area contributed by atoms with Crippen molar-refractivity contribution in [3.63, 3.8) is 0 Å². The highest BCUT2D eigenvalue weighted by atomic mass is 35.5. The van der Waals surface area contributed by atoms with E-state index in [-0.39, 0.29) is 0 Å². The Balaban J connectivity index is 1.90. The lowest BCUT2D eigenvalue weighted by atomic mass is 10.2. The molecule has 2 aromatic rings. The van der Waals surface area contributed by atoms with Crippen LogP contribution in [-0.2, 0) is 17.7 Å². The summed E-state index contributed by atoms with van der Waals surface area (Å²) >= 11 is 8.00. The highest BCUT2D eigenvalue weighted by Gasteiger charge is 2.08. The number of ether oxygens (including phenoxy) is 2. The maximum absolute atomic E-state index is 6.26. The van der Waals surface area contributed by atoms with Gasteiger partial charge in [0, 0.05) is 37.1 Å². The van der Waals surface area contributed by atoms with Crippen LogP contribution in [0.3, 0.4) is 0 Å². The first-order chi connectivity index (χ1) is 10.3. The van der Waals surface area contributed by atoms with Gasteiger partial charge in [0.15, 0.2) is 0 Å². The van der Waals surface area contributed by atoms with E-state index < -0.39 is 0 Å². The summed E-state index contributed by atoms with van der Waals surface area (Å²) in [5.41, 5.74) is 1.07. The van der Waals surface area contributed by atoms with E-state index in [0.29, 0.717) is 18.2 Å². The Hall–Kier alpha value is -1.07. The zero-order valence-corrected chi connectivity index (χ0v) is 13.7. The second-order valence-electron chi connectivity index (χ2n) is 4.58. The molecule has 0 fully saturated rings. The Morgan fingerprint density at radius 1 is 1.19 bits per heavy atom. The third kappa shape index (κ3) is 5.32. The summed E-state index contributed by atoms with van der Waals surface area (Å²) in [7, 11) is 1.69. The SMILES string of the molecule is COCCNCc1cccc(Cl)c1OCCc1cccs1. The van der Waals surface area contributed by atoms with Gasteiger partial charge in [0.05, 0.1) is 18.2 Å². The summed E-state index contributed by atoms with van der Waals surface area (Å²) in [5, 5.41) is 6.05. The highest BCUT2D eigenvalue weighted by Crippen LogP contribution is 2.28. The second kappa shape index (κ2) is 9.05. The van der Waals surface area contributed by atoms with E-state index >= 15 is 0 Å². The molecular formula is C16H20ClNO2S. The molecule has 3 nitrogen and oxygen atoms in total. The molecule has 0 saturated heterocycles. The Kier molecular flexibility index (Phi) is 7.03. The van der Waals surface area contributed by atoms with Crippen LogP contribution in [0.15, 0.2) is 35.7 Å². The fourth-order valence-electron chi connectivity index (χ4n) is 1.96. The topological polar surface area (TPSA) is 30.5 Å². The van der Waals surface area contributed by atoms with Crippen LogP contribution in [0.1, 0.15) is 10.4 Å². The van der Waals surface area contributed by atoms with Crippen molar-refractivity contribution in [3.05, 3.63) is 51.2 Å². The van der Waals surface area contributed by atoms with Crippen LogP contribution in [0.25, 0.3) is 0 Å². The van der Waals surface area contributed by atoms with E-state index in [2.05, 4.69) is 22.8 Å². The van der Waals surface area contributed by atoms with Gasteiger partial charge in [-0.25, -0.2) is 0 Å². The molecular weight excluding hydrogens is 306 g/mol. The lowest BCUT2D eigenvalue weighted by molar-refractivity contribution is 0.199. The van der Waals surface area contributed by atoms with Crippen molar-refractivity contribution < 1.29 is 9.47 Å². The van der Waals surface area contributed by atoms with Crippen molar-refractivity contribution in [2.75, 3.05) is 26.9 Å². The van der Waals surface area contributed by atoms with Crippen molar-refractivity contribution in [1.29, 1.82) is 0 Å². The Morgan fingerprint density at radius 2 is 2.10 bits per heavy atom. The van der Waals surface area contributed by atoms with Crippen LogP contribution in [0, 0.1) is 0 Å². The van der Waals surface area contributed by atoms with Gasteiger partial charge in [-0.1, -0.05) is 29.8 Å². The molecule has 0 atom stereocenters. The van der Waals surface area contributed by atoms with Crippen LogP contribution < -0.4 is 10.1 Å². The van der Waals surface area contributed by atoms with Gasteiger partial charge >= 0.3 is 0 Å². The van der Waals surface area contributed by atoms with E-state index in [1.54, 1.807) is 18.4 Å². The third-order valence-corrected chi connectivity index (χ3v) is 4.26. The van der Waals surface area contributed by atoms with Gasteiger partial charge in [-0.3, -0.25) is 0 Å². The van der Waals surface area contributed by atoms with E-state index in [4.69, 9.17) is 21.1 Å². The van der Waals surface area contributed by atoms with E-state index in [1.165, 1.54) is 4.88 Å². The molecule has 0 spiro atoms. The molecule has 5 heteroatoms. The van der Waals surface area contributed by atoms with Crippen LogP contribution in [0.2, 0.25) is 5.02 Å². The first kappa shape index (κ1) is 16.3. The van der Waals surface area contributed by atoms with Gasteiger partial charge in [-0.2, -0.15) is 0 Å². The van der Waals surface area contributed by atoms with Gasteiger partial charge in [0.25, 0.3) is 0 Å². The number of thiophene rings is 1. The number of para-hydroxylation sites is 1. The molecule has 0 unspecified atom stereocenters. The number of hydrogen-bond acceptors (Lipinski definition) is 4. The lowest BCUT2D eigenvalue weighted by Gasteiger charge is -2.13. The van der Waals surface area contributed by atoms with E-state index in [9.17, 15) is 0 Å². The van der Waals surface area contributed by atoms with Gasteiger partial charge in [0.2, 0.25) is 0 Å². The Morgan fingerprint density at radius 3 is 2.86 bits per heavy atom. The predicted octanol–water partition coefficient (Wildman–Crippen LogP) is 3.76. The number of benzene rings is 1. The first-order valence-corrected chi connectivity index (χ1v) is 8.19. The molecule has 0 aliphatic rings. The standard InChI is InChI=1S/C16H20ClNO2S/c1-19-10-8-18-12-13-4-2-6-15(17)16(13)20-9-7-14-5-3-11-21-14/h2-6,11,18H,7-10,12H2,1H3. The molecule has 0 saturated carbocycles. The molecule has 114 valence electrons. The Bertz CT molecular complexity index is 531. The van der Waals surface area contributed by atoms with Gasteiger partial charge in [0.1, 0.15) is 5.75 Å². The summed E-state index contributed by atoms with van der Waals surface area (Å²) < 4.78 is 10.9. The van der Waals surface area contributed by atoms with Crippen molar-refractivity contribution in [3.8, 4) is 5.75 Å². The highest BCUT2D eigenvalue weighted by molar-refractivity contribution is 7.09. The largest absolute Gasteiger partial charge is 0.491 e. The second-order valence-corrected chi connectivity index (χ2v) is 6.01. The molecule has 1 aromatic carbocycles. The minimum atomic E-state index is 0.634. The van der Waals surface area contributed by atoms with E-state index in [0.717, 1.165) is 30.8 Å². The van der Waals surface area contributed by atoms with Crippen LogP contribution in [-0.4, -0.2) is 26.9 Å². The fraction of sp³-hybridized carbons (Fsp3) is 0.375. The summed E-state index contributed by atoms with van der Waals surface area (Å²) in [4.78, 5) is 1.32. The minimum absolute atomic E-state index is 0.634. The van der Waals surface area contributed by atoms with Crippen molar-refractivity contribution >= 4 is 22.9 Å². The number of halogens is 1. The number of nitrogens with one attached hydrogen (secondary N) is 1. The zero-order valence-electron chi connectivity index (χ0n) is 12.1. The molecule has 1 N–H and O–H groups in total. The van der Waals surface area contributed by atoms with Crippen LogP contribution in [0.5, 0.6) is 5.75 Å². The molecule has 0 bridgehead atoms. The first-order valence-electron chi connectivity index (χ1n) is 6.93. The van der Waals surface area contributed by atoms with Crippen molar-refractivity contribution in [2.24, 2.45) is 0 Å². The maximum atomic E-state index is 6.26. The molecule has 0 amide bonds. The van der Waals surface area contributed by atoms with Gasteiger partial charge < -0.3 is 14.8 Å². The van der Waals surface area contributed by atoms with Gasteiger partial charge in [-0.15, -0.1) is 11.3 Å². The average Bonchev–Trinajstić information content (AvgIpc) is 2.99. The molecule has 1 aromatic heterocycles. The smallest absolute Gasteiger partial charge is 0.142 e. The summed E-state index contributed by atoms with van der Waals surface area (Å²) in [5.74, 6) is 0.778. The molecule has 0 aliphatic heterocycles. The number of hydrogen-bond donors (Lipinski definition) is 1. The monoisotopic (exact) mass is 325 g/mol. The third-order valence-electron chi connectivity index (χ3n) is 3.02. The number of rotatable bonds is 9. The van der Waals surface area contributed by atoms with Crippen molar-refractivity contribution in [2.45, 2.75) is 13.0 Å². The summed E-state index contributed by atoms with van der Waals surface area (Å²) in [6, 6.07) is 10.0. The summed E-state index contributed by atoms with van der Waals surface area (Å²) in [6.45, 7) is 2.85. The average molecular weight is 326 g/mol. The Labute approximate surface area is 134 Å². The lowest BCUT2D eigenvalue weighted by Crippen LogP contribution is -2.19. The fourth-order valence-corrected chi connectivity index (χ4v) is 2.90. The van der Waals surface area contributed by atoms with Crippen LogP contribution >= 0.6 is 22.9 Å². The maximum Gasteiger partial charge on any atom is 0.142 e. The molecule has 0 aliphatic carbocycles. The molecule has 0 radical (unpaired) electrons. The quantitative estimate of drug-likeness (QED) is 0.712. The van der Waals surface area contributed by atoms with E-state index in [1.807, 2.05) is 18.2 Å². The molecule has 1 heterocycles. The normalized spacial score (nSPS) is 10.8. The number of methoxy groups -OCH3 is 1.